The van der Waals surface area contributed by atoms with Gasteiger partial charge in [0.25, 0.3) is 0 Å². The molecule has 0 saturated carbocycles. The maximum Gasteiger partial charge on any atom is 0.0897 e. The summed E-state index contributed by atoms with van der Waals surface area (Å²) in [6, 6.07) is 10.0. The minimum Gasteiger partial charge on any atom is -0.300 e. The van der Waals surface area contributed by atoms with Crippen LogP contribution in [-0.4, -0.2) is 11.5 Å². The van der Waals surface area contributed by atoms with Gasteiger partial charge in [0.1, 0.15) is 0 Å². The van der Waals surface area contributed by atoms with E-state index in [9.17, 15) is 0 Å². The molecule has 0 amide bonds. The second-order valence-corrected chi connectivity index (χ2v) is 4.69. The maximum atomic E-state index is 4.37. The Bertz CT molecular complexity index is 520. The Morgan fingerprint density at radius 2 is 2.12 bits per heavy atom. The van der Waals surface area contributed by atoms with Crippen molar-refractivity contribution in [1.82, 2.24) is 10.3 Å². The van der Waals surface area contributed by atoms with E-state index >= 15 is 0 Å². The number of hydrogen-bond donors (Lipinski definition) is 1. The van der Waals surface area contributed by atoms with Gasteiger partial charge in [-0.05, 0) is 19.1 Å². The van der Waals surface area contributed by atoms with E-state index in [0.29, 0.717) is 6.54 Å². The Morgan fingerprint density at radius 3 is 2.82 bits per heavy atom. The molecule has 0 fully saturated rings. The standard InChI is InChI=1S/C14H14N2S/c1-12-16-14(11-17-12)10-15-9-5-8-13-6-3-2-4-7-13/h2-4,6-7,11,15H,9-10H2,1H3. The summed E-state index contributed by atoms with van der Waals surface area (Å²) in [4.78, 5) is 4.37. The summed E-state index contributed by atoms with van der Waals surface area (Å²) in [5.74, 6) is 6.20. The molecule has 1 aromatic heterocycles. The second kappa shape index (κ2) is 6.19. The third kappa shape index (κ3) is 4.03. The first kappa shape index (κ1) is 11.8. The number of nitrogens with zero attached hydrogens (tertiary/aromatic N) is 1. The molecule has 0 saturated heterocycles. The average Bonchev–Trinajstić information content (AvgIpc) is 2.76. The van der Waals surface area contributed by atoms with Gasteiger partial charge in [-0.25, -0.2) is 4.98 Å². The van der Waals surface area contributed by atoms with Crippen LogP contribution in [0.4, 0.5) is 0 Å². The zero-order valence-corrected chi connectivity index (χ0v) is 10.6. The summed E-state index contributed by atoms with van der Waals surface area (Å²) in [6.45, 7) is 3.49. The Kier molecular flexibility index (Phi) is 4.31. The summed E-state index contributed by atoms with van der Waals surface area (Å²) >= 11 is 1.68. The number of nitrogens with one attached hydrogen (secondary N) is 1. The molecule has 2 nitrogen and oxygen atoms in total. The topological polar surface area (TPSA) is 24.9 Å². The van der Waals surface area contributed by atoms with Crippen molar-refractivity contribution in [2.75, 3.05) is 6.54 Å². The van der Waals surface area contributed by atoms with Gasteiger partial charge < -0.3 is 5.32 Å². The number of aromatic nitrogens is 1. The van der Waals surface area contributed by atoms with Gasteiger partial charge >= 0.3 is 0 Å². The van der Waals surface area contributed by atoms with Crippen molar-refractivity contribution in [3.63, 3.8) is 0 Å². The molecular weight excluding hydrogens is 228 g/mol. The van der Waals surface area contributed by atoms with Crippen LogP contribution in [0.25, 0.3) is 0 Å². The monoisotopic (exact) mass is 242 g/mol. The highest BCUT2D eigenvalue weighted by molar-refractivity contribution is 7.09. The van der Waals surface area contributed by atoms with Gasteiger partial charge in [-0.2, -0.15) is 0 Å². The lowest BCUT2D eigenvalue weighted by Crippen LogP contribution is -2.13. The molecule has 0 radical (unpaired) electrons. The number of hydrogen-bond acceptors (Lipinski definition) is 3. The van der Waals surface area contributed by atoms with Crippen LogP contribution >= 0.6 is 11.3 Å². The summed E-state index contributed by atoms with van der Waals surface area (Å²) in [7, 11) is 0. The number of benzene rings is 1. The lowest BCUT2D eigenvalue weighted by molar-refractivity contribution is 0.752. The van der Waals surface area contributed by atoms with Gasteiger partial charge in [0.05, 0.1) is 17.2 Å². The molecule has 0 aliphatic carbocycles. The van der Waals surface area contributed by atoms with E-state index in [4.69, 9.17) is 0 Å². The molecule has 0 atom stereocenters. The lowest BCUT2D eigenvalue weighted by Gasteiger charge is -1.95. The summed E-state index contributed by atoms with van der Waals surface area (Å²) in [5.41, 5.74) is 2.15. The van der Waals surface area contributed by atoms with Gasteiger partial charge in [-0.1, -0.05) is 30.0 Å². The van der Waals surface area contributed by atoms with Crippen LogP contribution in [0.1, 0.15) is 16.3 Å². The van der Waals surface area contributed by atoms with Gasteiger partial charge in [0.15, 0.2) is 0 Å². The van der Waals surface area contributed by atoms with Gasteiger partial charge in [-0.15, -0.1) is 11.3 Å². The van der Waals surface area contributed by atoms with Crippen LogP contribution in [0.15, 0.2) is 35.7 Å². The van der Waals surface area contributed by atoms with Crippen LogP contribution in [-0.2, 0) is 6.54 Å². The van der Waals surface area contributed by atoms with E-state index in [-0.39, 0.29) is 0 Å². The van der Waals surface area contributed by atoms with Crippen LogP contribution < -0.4 is 5.32 Å². The van der Waals surface area contributed by atoms with E-state index in [1.807, 2.05) is 37.3 Å². The fourth-order valence-corrected chi connectivity index (χ4v) is 2.02. The first-order valence-corrected chi connectivity index (χ1v) is 6.38. The van der Waals surface area contributed by atoms with Crippen LogP contribution in [0.2, 0.25) is 0 Å². The molecule has 0 spiro atoms. The van der Waals surface area contributed by atoms with Gasteiger partial charge in [0, 0.05) is 17.5 Å². The maximum absolute atomic E-state index is 4.37. The third-order valence-corrected chi connectivity index (χ3v) is 3.01. The highest BCUT2D eigenvalue weighted by Crippen LogP contribution is 2.06. The fourth-order valence-electron chi connectivity index (χ4n) is 1.41. The van der Waals surface area contributed by atoms with Crippen molar-refractivity contribution in [1.29, 1.82) is 0 Å². The third-order valence-electron chi connectivity index (χ3n) is 2.19. The number of aryl methyl sites for hydroxylation is 1. The molecule has 0 aliphatic rings. The number of thiazole rings is 1. The normalized spacial score (nSPS) is 9.71. The molecule has 1 N–H and O–H groups in total. The largest absolute Gasteiger partial charge is 0.300 e. The van der Waals surface area contributed by atoms with Crippen LogP contribution in [0.3, 0.4) is 0 Å². The van der Waals surface area contributed by atoms with Crippen molar-refractivity contribution in [3.8, 4) is 11.8 Å². The van der Waals surface area contributed by atoms with E-state index < -0.39 is 0 Å². The van der Waals surface area contributed by atoms with Crippen LogP contribution in [0.5, 0.6) is 0 Å². The van der Waals surface area contributed by atoms with Crippen molar-refractivity contribution < 1.29 is 0 Å². The highest BCUT2D eigenvalue weighted by Gasteiger charge is 1.95. The van der Waals surface area contributed by atoms with Gasteiger partial charge in [0.2, 0.25) is 0 Å². The molecule has 0 bridgehead atoms. The SMILES string of the molecule is Cc1nc(CNCC#Cc2ccccc2)cs1. The molecule has 86 valence electrons. The van der Waals surface area contributed by atoms with Crippen molar-refractivity contribution >= 4 is 11.3 Å². The first-order chi connectivity index (χ1) is 8.34. The first-order valence-electron chi connectivity index (χ1n) is 5.50. The Labute approximate surface area is 106 Å². The van der Waals surface area contributed by atoms with E-state index in [1.54, 1.807) is 11.3 Å². The fraction of sp³-hybridized carbons (Fsp3) is 0.214. The highest BCUT2D eigenvalue weighted by atomic mass is 32.1. The van der Waals surface area contributed by atoms with E-state index in [1.165, 1.54) is 0 Å². The Morgan fingerprint density at radius 1 is 1.29 bits per heavy atom. The molecule has 3 heteroatoms. The molecule has 1 heterocycles. The molecule has 2 rings (SSSR count). The van der Waals surface area contributed by atoms with E-state index in [0.717, 1.165) is 22.8 Å². The quantitative estimate of drug-likeness (QED) is 0.661. The Hall–Kier alpha value is -1.63. The summed E-state index contributed by atoms with van der Waals surface area (Å²) in [5, 5.41) is 6.44. The minimum absolute atomic E-state index is 0.686. The van der Waals surface area contributed by atoms with Crippen molar-refractivity contribution in [2.24, 2.45) is 0 Å². The van der Waals surface area contributed by atoms with Crippen molar-refractivity contribution in [3.05, 3.63) is 52.0 Å². The molecule has 1 aromatic carbocycles. The average molecular weight is 242 g/mol. The molecular formula is C14H14N2S. The second-order valence-electron chi connectivity index (χ2n) is 3.63. The molecule has 0 unspecified atom stereocenters. The number of rotatable bonds is 3. The lowest BCUT2D eigenvalue weighted by atomic mass is 10.2. The van der Waals surface area contributed by atoms with E-state index in [2.05, 4.69) is 27.5 Å². The Balaban J connectivity index is 1.75. The molecule has 0 aliphatic heterocycles. The molecule has 2 aromatic rings. The van der Waals surface area contributed by atoms with Crippen LogP contribution in [0, 0.1) is 18.8 Å². The predicted molar refractivity (Wildman–Crippen MR) is 71.9 cm³/mol. The predicted octanol–water partition coefficient (Wildman–Crippen LogP) is 2.59. The van der Waals surface area contributed by atoms with Crippen molar-refractivity contribution in [2.45, 2.75) is 13.5 Å². The smallest absolute Gasteiger partial charge is 0.0897 e. The summed E-state index contributed by atoms with van der Waals surface area (Å²) < 4.78 is 0. The zero-order valence-electron chi connectivity index (χ0n) is 9.73. The summed E-state index contributed by atoms with van der Waals surface area (Å²) in [6.07, 6.45) is 0. The van der Waals surface area contributed by atoms with Gasteiger partial charge in [-0.3, -0.25) is 0 Å². The zero-order chi connectivity index (χ0) is 11.9. The molecule has 17 heavy (non-hydrogen) atoms. The minimum atomic E-state index is 0.686.